The van der Waals surface area contributed by atoms with E-state index in [2.05, 4.69) is 67.2 Å². The molecule has 3 nitrogen and oxygen atoms in total. The summed E-state index contributed by atoms with van der Waals surface area (Å²) < 4.78 is 6.11. The van der Waals surface area contributed by atoms with Crippen molar-refractivity contribution in [1.82, 2.24) is 4.90 Å². The highest BCUT2D eigenvalue weighted by Crippen LogP contribution is 2.47. The first-order valence-electron chi connectivity index (χ1n) is 8.50. The summed E-state index contributed by atoms with van der Waals surface area (Å²) in [5, 5.41) is 0. The summed E-state index contributed by atoms with van der Waals surface area (Å²) in [4.78, 5) is 4.75. The van der Waals surface area contributed by atoms with Crippen LogP contribution in [0.3, 0.4) is 0 Å². The van der Waals surface area contributed by atoms with E-state index in [9.17, 15) is 0 Å². The molecule has 0 saturated heterocycles. The van der Waals surface area contributed by atoms with Crippen molar-refractivity contribution in [3.63, 3.8) is 0 Å². The minimum absolute atomic E-state index is 0.441. The normalized spacial score (nSPS) is 14.2. The van der Waals surface area contributed by atoms with E-state index in [1.165, 1.54) is 30.6 Å². The van der Waals surface area contributed by atoms with Gasteiger partial charge in [0.1, 0.15) is 0 Å². The molecular weight excluding hydrogens is 284 g/mol. The molecule has 23 heavy (non-hydrogen) atoms. The van der Waals surface area contributed by atoms with E-state index >= 15 is 0 Å². The zero-order valence-corrected chi connectivity index (χ0v) is 14.3. The molecule has 0 N–H and O–H groups in total. The number of unbranched alkanes of at least 4 members (excludes halogenated alkanes) is 1. The largest absolute Gasteiger partial charge is 0.453 e. The van der Waals surface area contributed by atoms with E-state index in [0.717, 1.165) is 18.0 Å². The fourth-order valence-corrected chi connectivity index (χ4v) is 3.29. The monoisotopic (exact) mass is 310 g/mol. The average Bonchev–Trinajstić information content (AvgIpc) is 2.56. The number of nitrogens with zero attached hydrogens (tertiary/aromatic N) is 2. The minimum atomic E-state index is 0.441. The number of likely N-dealkylation sites (N-methyl/N-ethyl adjacent to an activating group) is 1. The highest BCUT2D eigenvalue weighted by molar-refractivity contribution is 5.78. The van der Waals surface area contributed by atoms with Crippen LogP contribution in [0.1, 0.15) is 26.2 Å². The van der Waals surface area contributed by atoms with Crippen molar-refractivity contribution >= 4 is 11.4 Å². The van der Waals surface area contributed by atoms with Gasteiger partial charge < -0.3 is 14.5 Å². The first kappa shape index (κ1) is 15.9. The van der Waals surface area contributed by atoms with Crippen LogP contribution in [0.15, 0.2) is 48.5 Å². The highest BCUT2D eigenvalue weighted by atomic mass is 16.5. The van der Waals surface area contributed by atoms with Crippen LogP contribution in [0.25, 0.3) is 0 Å². The molecule has 1 atom stereocenters. The lowest BCUT2D eigenvalue weighted by Crippen LogP contribution is -2.40. The van der Waals surface area contributed by atoms with Gasteiger partial charge in [-0.05, 0) is 44.8 Å². The predicted molar refractivity (Wildman–Crippen MR) is 97.0 cm³/mol. The van der Waals surface area contributed by atoms with E-state index < -0.39 is 0 Å². The lowest BCUT2D eigenvalue weighted by atomic mass is 10.0. The zero-order valence-electron chi connectivity index (χ0n) is 14.3. The Hall–Kier alpha value is -2.00. The fourth-order valence-electron chi connectivity index (χ4n) is 3.29. The van der Waals surface area contributed by atoms with Crippen LogP contribution >= 0.6 is 0 Å². The van der Waals surface area contributed by atoms with Gasteiger partial charge in [-0.3, -0.25) is 0 Å². The third kappa shape index (κ3) is 3.35. The Morgan fingerprint density at radius 2 is 1.52 bits per heavy atom. The minimum Gasteiger partial charge on any atom is -0.453 e. The standard InChI is InChI=1S/C20H26N2O/c1-4-5-10-16(15-21(2)3)22-17-11-6-8-13-19(17)23-20-14-9-7-12-18(20)22/h6-9,11-14,16H,4-5,10,15H2,1-3H3. The third-order valence-electron chi connectivity index (χ3n) is 4.30. The molecule has 2 aromatic rings. The highest BCUT2D eigenvalue weighted by Gasteiger charge is 2.29. The molecule has 1 aliphatic heterocycles. The Morgan fingerprint density at radius 3 is 2.04 bits per heavy atom. The van der Waals surface area contributed by atoms with Gasteiger partial charge in [0.05, 0.1) is 11.4 Å². The van der Waals surface area contributed by atoms with Gasteiger partial charge in [0.25, 0.3) is 0 Å². The Kier molecular flexibility index (Phi) is 4.87. The average molecular weight is 310 g/mol. The molecule has 3 heteroatoms. The summed E-state index contributed by atoms with van der Waals surface area (Å²) in [6.45, 7) is 3.29. The Bertz CT molecular complexity index is 608. The van der Waals surface area contributed by atoms with Gasteiger partial charge in [0.15, 0.2) is 11.5 Å². The van der Waals surface area contributed by atoms with Crippen LogP contribution in [-0.4, -0.2) is 31.6 Å². The van der Waals surface area contributed by atoms with Crippen LogP contribution in [0.5, 0.6) is 11.5 Å². The maximum absolute atomic E-state index is 6.11. The van der Waals surface area contributed by atoms with Gasteiger partial charge in [-0.15, -0.1) is 0 Å². The van der Waals surface area contributed by atoms with Gasteiger partial charge in [-0.25, -0.2) is 0 Å². The molecule has 0 radical (unpaired) electrons. The van der Waals surface area contributed by atoms with Crippen molar-refractivity contribution in [2.75, 3.05) is 25.5 Å². The summed E-state index contributed by atoms with van der Waals surface area (Å²) in [6.07, 6.45) is 3.63. The topological polar surface area (TPSA) is 15.7 Å². The summed E-state index contributed by atoms with van der Waals surface area (Å²) in [5.41, 5.74) is 2.35. The number of fused-ring (bicyclic) bond motifs is 2. The second-order valence-corrected chi connectivity index (χ2v) is 6.47. The Labute approximate surface area is 139 Å². The number of hydrogen-bond acceptors (Lipinski definition) is 3. The number of ether oxygens (including phenoxy) is 1. The van der Waals surface area contributed by atoms with Crippen molar-refractivity contribution in [3.05, 3.63) is 48.5 Å². The van der Waals surface area contributed by atoms with Crippen LogP contribution in [-0.2, 0) is 0 Å². The van der Waals surface area contributed by atoms with Gasteiger partial charge in [-0.1, -0.05) is 44.0 Å². The number of anilines is 2. The smallest absolute Gasteiger partial charge is 0.151 e. The van der Waals surface area contributed by atoms with Crippen molar-refractivity contribution in [3.8, 4) is 11.5 Å². The SMILES string of the molecule is CCCCC(CN(C)C)N1c2ccccc2Oc2ccccc21. The van der Waals surface area contributed by atoms with Crippen LogP contribution in [0, 0.1) is 0 Å². The Morgan fingerprint density at radius 1 is 0.957 bits per heavy atom. The fraction of sp³-hybridized carbons (Fsp3) is 0.400. The molecule has 1 aliphatic rings. The first-order valence-corrected chi connectivity index (χ1v) is 8.50. The van der Waals surface area contributed by atoms with Crippen LogP contribution in [0.4, 0.5) is 11.4 Å². The quantitative estimate of drug-likeness (QED) is 0.742. The van der Waals surface area contributed by atoms with Crippen LogP contribution in [0.2, 0.25) is 0 Å². The van der Waals surface area contributed by atoms with Gasteiger partial charge in [0.2, 0.25) is 0 Å². The number of para-hydroxylation sites is 4. The molecule has 0 saturated carbocycles. The zero-order chi connectivity index (χ0) is 16.2. The van der Waals surface area contributed by atoms with E-state index in [0.29, 0.717) is 6.04 Å². The summed E-state index contributed by atoms with van der Waals surface area (Å²) in [7, 11) is 4.30. The van der Waals surface area contributed by atoms with Gasteiger partial charge >= 0.3 is 0 Å². The predicted octanol–water partition coefficient (Wildman–Crippen LogP) is 5.05. The second-order valence-electron chi connectivity index (χ2n) is 6.47. The molecule has 1 unspecified atom stereocenters. The van der Waals surface area contributed by atoms with Crippen molar-refractivity contribution in [2.24, 2.45) is 0 Å². The van der Waals surface area contributed by atoms with Crippen molar-refractivity contribution in [1.29, 1.82) is 0 Å². The van der Waals surface area contributed by atoms with Crippen molar-refractivity contribution < 1.29 is 4.74 Å². The van der Waals surface area contributed by atoms with E-state index in [-0.39, 0.29) is 0 Å². The summed E-state index contributed by atoms with van der Waals surface area (Å²) >= 11 is 0. The maximum Gasteiger partial charge on any atom is 0.151 e. The second kappa shape index (κ2) is 7.05. The maximum atomic E-state index is 6.11. The van der Waals surface area contributed by atoms with E-state index in [4.69, 9.17) is 4.74 Å². The molecule has 0 spiro atoms. The van der Waals surface area contributed by atoms with Crippen molar-refractivity contribution in [2.45, 2.75) is 32.2 Å². The Balaban J connectivity index is 2.04. The summed E-state index contributed by atoms with van der Waals surface area (Å²) in [6, 6.07) is 17.2. The van der Waals surface area contributed by atoms with Gasteiger partial charge in [0, 0.05) is 12.6 Å². The van der Waals surface area contributed by atoms with Crippen LogP contribution < -0.4 is 9.64 Å². The molecule has 0 fully saturated rings. The molecule has 2 aromatic carbocycles. The number of benzene rings is 2. The van der Waals surface area contributed by atoms with E-state index in [1.807, 2.05) is 12.1 Å². The molecule has 0 aromatic heterocycles. The lowest BCUT2D eigenvalue weighted by molar-refractivity contribution is 0.352. The molecule has 0 aliphatic carbocycles. The molecular formula is C20H26N2O. The molecule has 122 valence electrons. The summed E-state index contributed by atoms with van der Waals surface area (Å²) in [5.74, 6) is 1.90. The number of rotatable bonds is 6. The molecule has 0 bridgehead atoms. The van der Waals surface area contributed by atoms with E-state index in [1.54, 1.807) is 0 Å². The lowest BCUT2D eigenvalue weighted by Gasteiger charge is -2.39. The first-order chi connectivity index (χ1) is 11.2. The molecule has 1 heterocycles. The third-order valence-corrected chi connectivity index (χ3v) is 4.30. The molecule has 0 amide bonds. The van der Waals surface area contributed by atoms with Gasteiger partial charge in [-0.2, -0.15) is 0 Å². The molecule has 3 rings (SSSR count). The number of hydrogen-bond donors (Lipinski definition) is 0.